The Balaban J connectivity index is 3.47. The van der Waals surface area contributed by atoms with E-state index in [-0.39, 0.29) is 0 Å². The van der Waals surface area contributed by atoms with Crippen LogP contribution in [0.4, 0.5) is 8.39 Å². The van der Waals surface area contributed by atoms with Crippen molar-refractivity contribution < 1.29 is 8.39 Å². The monoisotopic (exact) mass is 228 g/mol. The van der Waals surface area contributed by atoms with E-state index in [0.717, 1.165) is 22.0 Å². The van der Waals surface area contributed by atoms with Crippen molar-refractivity contribution in [1.29, 1.82) is 0 Å². The normalized spacial score (nSPS) is 11.8. The predicted octanol–water partition coefficient (Wildman–Crippen LogP) is 2.58. The molecule has 0 nitrogen and oxygen atoms in total. The molecule has 0 aromatic rings. The Morgan fingerprint density at radius 1 is 1.60 bits per heavy atom. The molecule has 0 aromatic carbocycles. The van der Waals surface area contributed by atoms with Gasteiger partial charge in [-0.15, -0.1) is 0 Å². The molecule has 0 bridgehead atoms. The largest absolute Gasteiger partial charge is 0.327 e. The van der Waals surface area contributed by atoms with E-state index in [2.05, 4.69) is 11.8 Å². The van der Waals surface area contributed by atoms with Gasteiger partial charge in [0.2, 0.25) is 0 Å². The van der Waals surface area contributed by atoms with Crippen molar-refractivity contribution in [2.24, 2.45) is 0 Å². The minimum absolute atomic E-state index is 0.970. The van der Waals surface area contributed by atoms with Gasteiger partial charge in [-0.25, -0.2) is 0 Å². The van der Waals surface area contributed by atoms with E-state index < -0.39 is 4.30 Å². The average molecular weight is 228 g/mol. The lowest BCUT2D eigenvalue weighted by atomic mass is 18.8. The van der Waals surface area contributed by atoms with E-state index in [9.17, 15) is 8.39 Å². The highest BCUT2D eigenvalue weighted by atomic mass is 127. The van der Waals surface area contributed by atoms with Gasteiger partial charge in [-0.1, -0.05) is 0 Å². The maximum atomic E-state index is 10.9. The molecule has 5 heteroatoms. The quantitative estimate of drug-likeness (QED) is 0.453. The zero-order valence-corrected chi connectivity index (χ0v) is 5.86. The molecule has 0 radical (unpaired) electrons. The Morgan fingerprint density at radius 2 is 1.60 bits per heavy atom. The number of hydrogen-bond donors (Lipinski definition) is 0. The Bertz CT molecular complexity index is 55.8. The highest BCUT2D eigenvalue weighted by Gasteiger charge is 2.00. The molecule has 0 spiro atoms. The molecule has 0 aliphatic rings. The van der Waals surface area contributed by atoms with Crippen LogP contribution in [0.1, 0.15) is 0 Å². The summed E-state index contributed by atoms with van der Waals surface area (Å²) in [5.74, 6) is 0. The van der Waals surface area contributed by atoms with E-state index in [1.807, 2.05) is 0 Å². The Hall–Kier alpha value is 1.24. The van der Waals surface area contributed by atoms with Crippen molar-refractivity contribution in [1.82, 2.24) is 0 Å². The lowest BCUT2D eigenvalue weighted by Crippen LogP contribution is -1.23. The molecular weight excluding hydrogens is 228 g/mol. The van der Waals surface area contributed by atoms with Gasteiger partial charge in [-0.3, -0.25) is 0 Å². The molecular formula is F2IPS. The van der Waals surface area contributed by atoms with Gasteiger partial charge in [-0.2, -0.15) is 8.39 Å². The molecule has 0 saturated heterocycles. The first-order valence-corrected chi connectivity index (χ1v) is 6.06. The third-order valence-corrected chi connectivity index (χ3v) is 0. The van der Waals surface area contributed by atoms with Crippen LogP contribution in [0.3, 0.4) is 0 Å². The lowest BCUT2D eigenvalue weighted by molar-refractivity contribution is 0.775. The van der Waals surface area contributed by atoms with Gasteiger partial charge in [0.05, 0.1) is 0 Å². The number of rotatable bonds is 0. The van der Waals surface area contributed by atoms with E-state index in [1.54, 1.807) is 0 Å². The molecule has 0 unspecified atom stereocenters. The van der Waals surface area contributed by atoms with E-state index in [4.69, 9.17) is 0 Å². The summed E-state index contributed by atoms with van der Waals surface area (Å²) < 4.78 is 18.0. The first kappa shape index (κ1) is 6.24. The zero-order valence-electron chi connectivity index (χ0n) is 1.99. The van der Waals surface area contributed by atoms with Gasteiger partial charge in [0.15, 0.2) is 0 Å². The lowest BCUT2D eigenvalue weighted by Gasteiger charge is -1.77. The molecule has 5 heavy (non-hydrogen) atoms. The molecule has 0 aliphatic carbocycles. The molecule has 0 heterocycles. The van der Waals surface area contributed by atoms with Crippen molar-refractivity contribution in [2.45, 2.75) is 0 Å². The SMILES string of the molecule is FP(F)(=S)I. The van der Waals surface area contributed by atoms with Crippen molar-refractivity contribution in [3.63, 3.8) is 0 Å². The fourth-order valence-corrected chi connectivity index (χ4v) is 0. The van der Waals surface area contributed by atoms with Crippen LogP contribution in [-0.4, -0.2) is 0 Å². The summed E-state index contributed by atoms with van der Waals surface area (Å²) in [6, 6.07) is 0. The van der Waals surface area contributed by atoms with Gasteiger partial charge < -0.3 is 0 Å². The number of hydrogen-bond acceptors (Lipinski definition) is 1. The van der Waals surface area contributed by atoms with Crippen LogP contribution in [0, 0.1) is 0 Å². The van der Waals surface area contributed by atoms with Crippen molar-refractivity contribution in [3.8, 4) is 0 Å². The highest BCUT2D eigenvalue weighted by Crippen LogP contribution is 2.58. The van der Waals surface area contributed by atoms with Crippen LogP contribution in [-0.2, 0) is 11.8 Å². The zero-order chi connectivity index (χ0) is 4.50. The summed E-state index contributed by atoms with van der Waals surface area (Å²) in [4.78, 5) is 0. The van der Waals surface area contributed by atoms with Crippen LogP contribution in [0.15, 0.2) is 0 Å². The fraction of sp³-hybridized carbons (Fsp3) is 0. The van der Waals surface area contributed by atoms with Gasteiger partial charge in [0.1, 0.15) is 0 Å². The standard InChI is InChI=1S/F2IPS/c1-4(2,3)5. The summed E-state index contributed by atoms with van der Waals surface area (Å²) in [5, 5.41) is 0. The second-order valence-corrected chi connectivity index (χ2v) is 8.17. The summed E-state index contributed by atoms with van der Waals surface area (Å²) >= 11 is 4.56. The van der Waals surface area contributed by atoms with Gasteiger partial charge in [0, 0.05) is 22.0 Å². The molecule has 0 atom stereocenters. The third kappa shape index (κ3) is 35.8. The van der Waals surface area contributed by atoms with E-state index in [0.29, 0.717) is 0 Å². The van der Waals surface area contributed by atoms with Crippen LogP contribution >= 0.6 is 26.3 Å². The topological polar surface area (TPSA) is 0 Å². The minimum atomic E-state index is -3.84. The maximum Gasteiger partial charge on any atom is 0.327 e. The van der Waals surface area contributed by atoms with Crippen LogP contribution in [0.2, 0.25) is 0 Å². The summed E-state index contributed by atoms with van der Waals surface area (Å²) in [7, 11) is 0. The molecule has 0 amide bonds. The van der Waals surface area contributed by atoms with Crippen molar-refractivity contribution in [3.05, 3.63) is 0 Å². The summed E-state index contributed by atoms with van der Waals surface area (Å²) in [5.41, 5.74) is 0. The molecule has 0 aromatic heterocycles. The summed E-state index contributed by atoms with van der Waals surface area (Å²) in [6.45, 7) is 0. The van der Waals surface area contributed by atoms with E-state index in [1.165, 1.54) is 0 Å². The molecule has 0 N–H and O–H groups in total. The average Bonchev–Trinajstić information content (AvgIpc) is 0.722. The first-order valence-electron chi connectivity index (χ1n) is 0.690. The fourth-order valence-electron chi connectivity index (χ4n) is 0. The van der Waals surface area contributed by atoms with Crippen molar-refractivity contribution >= 4 is 38.1 Å². The molecule has 0 aliphatic heterocycles. The van der Waals surface area contributed by atoms with Gasteiger partial charge in [0.25, 0.3) is 0 Å². The first-order chi connectivity index (χ1) is 2.00. The van der Waals surface area contributed by atoms with Gasteiger partial charge >= 0.3 is 4.30 Å². The smallest absolute Gasteiger partial charge is 0.170 e. The second-order valence-electron chi connectivity index (χ2n) is 0.399. The second kappa shape index (κ2) is 1.80. The molecule has 0 fully saturated rings. The third-order valence-electron chi connectivity index (χ3n) is 0. The summed E-state index contributed by atoms with van der Waals surface area (Å²) in [6.07, 6.45) is 0. The van der Waals surface area contributed by atoms with Gasteiger partial charge in [-0.05, 0) is 11.8 Å². The van der Waals surface area contributed by atoms with Crippen LogP contribution < -0.4 is 0 Å². The predicted molar refractivity (Wildman–Crippen MR) is 30.5 cm³/mol. The Labute approximate surface area is 46.7 Å². The molecule has 32 valence electrons. The van der Waals surface area contributed by atoms with E-state index >= 15 is 0 Å². The Morgan fingerprint density at radius 3 is 1.60 bits per heavy atom. The molecule has 0 saturated carbocycles. The molecule has 0 rings (SSSR count). The van der Waals surface area contributed by atoms with Crippen LogP contribution in [0.25, 0.3) is 0 Å². The highest BCUT2D eigenvalue weighted by molar-refractivity contribution is 14.2. The number of halogens is 3. The maximum absolute atomic E-state index is 10.9. The van der Waals surface area contributed by atoms with Crippen molar-refractivity contribution in [2.75, 3.05) is 0 Å². The Kier molecular flexibility index (Phi) is 2.24. The minimum Gasteiger partial charge on any atom is -0.170 e. The van der Waals surface area contributed by atoms with Crippen LogP contribution in [0.5, 0.6) is 0 Å².